The highest BCUT2D eigenvalue weighted by molar-refractivity contribution is 5.94. The summed E-state index contributed by atoms with van der Waals surface area (Å²) >= 11 is 0. The Morgan fingerprint density at radius 2 is 2.16 bits per heavy atom. The Morgan fingerprint density at radius 3 is 2.88 bits per heavy atom. The van der Waals surface area contributed by atoms with E-state index in [0.717, 1.165) is 16.8 Å². The van der Waals surface area contributed by atoms with Crippen molar-refractivity contribution in [3.8, 4) is 11.5 Å². The third-order valence-electron chi connectivity index (χ3n) is 4.31. The third kappa shape index (κ3) is 3.52. The van der Waals surface area contributed by atoms with E-state index in [2.05, 4.69) is 15.5 Å². The van der Waals surface area contributed by atoms with Crippen LogP contribution in [0, 0.1) is 6.92 Å². The van der Waals surface area contributed by atoms with E-state index in [4.69, 9.17) is 9.47 Å². The first-order valence-electron chi connectivity index (χ1n) is 8.28. The number of ether oxygens (including phenoxy) is 2. The van der Waals surface area contributed by atoms with Crippen molar-refractivity contribution in [2.45, 2.75) is 33.1 Å². The van der Waals surface area contributed by atoms with Crippen molar-refractivity contribution in [1.82, 2.24) is 10.2 Å². The molecule has 0 spiro atoms. The minimum Gasteiger partial charge on any atom is -0.493 e. The molecule has 0 saturated carbocycles. The number of benzene rings is 1. The predicted octanol–water partition coefficient (Wildman–Crippen LogP) is 3.55. The van der Waals surface area contributed by atoms with Crippen LogP contribution in [-0.2, 0) is 4.79 Å². The molecule has 1 aliphatic rings. The Morgan fingerprint density at radius 1 is 1.36 bits per heavy atom. The van der Waals surface area contributed by atoms with Gasteiger partial charge >= 0.3 is 0 Å². The van der Waals surface area contributed by atoms with Crippen LogP contribution in [0.2, 0.25) is 0 Å². The molecule has 0 fully saturated rings. The topological polar surface area (TPSA) is 76.2 Å². The molecule has 3 rings (SSSR count). The Kier molecular flexibility index (Phi) is 4.79. The van der Waals surface area contributed by atoms with Crippen LogP contribution in [-0.4, -0.2) is 29.8 Å². The van der Waals surface area contributed by atoms with E-state index in [1.807, 2.05) is 45.0 Å². The minimum absolute atomic E-state index is 0.0353. The van der Waals surface area contributed by atoms with Crippen molar-refractivity contribution < 1.29 is 14.3 Å². The second kappa shape index (κ2) is 7.01. The fourth-order valence-corrected chi connectivity index (χ4v) is 3.03. The standard InChI is InChI=1S/C19H23N3O3/c1-11(2)7-8-25-15-6-5-13(9-16(15)24-4)14-10-17(23)20-19-18(14)12(3)21-22-19/h5-7,9,14H,8,10H2,1-4H3,(H2,20,21,22,23). The van der Waals surface area contributed by atoms with Crippen molar-refractivity contribution in [3.63, 3.8) is 0 Å². The number of H-pyrrole nitrogens is 1. The molecule has 2 N–H and O–H groups in total. The average Bonchev–Trinajstić information content (AvgIpc) is 2.95. The van der Waals surface area contributed by atoms with Gasteiger partial charge in [-0.3, -0.25) is 9.89 Å². The Hall–Kier alpha value is -2.76. The van der Waals surface area contributed by atoms with Crippen LogP contribution >= 0.6 is 0 Å². The summed E-state index contributed by atoms with van der Waals surface area (Å²) < 4.78 is 11.3. The van der Waals surface area contributed by atoms with Gasteiger partial charge in [0.2, 0.25) is 5.91 Å². The number of carbonyl (C=O) groups is 1. The van der Waals surface area contributed by atoms with Crippen LogP contribution in [0.4, 0.5) is 5.82 Å². The summed E-state index contributed by atoms with van der Waals surface area (Å²) in [5.74, 6) is 1.87. The lowest BCUT2D eigenvalue weighted by Gasteiger charge is -2.23. The quantitative estimate of drug-likeness (QED) is 0.816. The second-order valence-corrected chi connectivity index (χ2v) is 6.42. The number of fused-ring (bicyclic) bond motifs is 1. The molecule has 0 bridgehead atoms. The van der Waals surface area contributed by atoms with E-state index in [0.29, 0.717) is 30.3 Å². The first kappa shape index (κ1) is 17.1. The summed E-state index contributed by atoms with van der Waals surface area (Å²) in [5.41, 5.74) is 4.20. The van der Waals surface area contributed by atoms with E-state index in [1.54, 1.807) is 7.11 Å². The molecule has 1 amide bonds. The van der Waals surface area contributed by atoms with Crippen molar-refractivity contribution in [2.75, 3.05) is 19.0 Å². The van der Waals surface area contributed by atoms with Crippen molar-refractivity contribution in [1.29, 1.82) is 0 Å². The molecule has 2 aromatic rings. The second-order valence-electron chi connectivity index (χ2n) is 6.42. The fraction of sp³-hybridized carbons (Fsp3) is 0.368. The summed E-state index contributed by atoms with van der Waals surface area (Å²) in [6.45, 7) is 6.52. The van der Waals surface area contributed by atoms with Gasteiger partial charge in [0.05, 0.1) is 7.11 Å². The van der Waals surface area contributed by atoms with Gasteiger partial charge in [-0.25, -0.2) is 0 Å². The van der Waals surface area contributed by atoms with E-state index in [-0.39, 0.29) is 11.8 Å². The number of amides is 1. The van der Waals surface area contributed by atoms with Crippen molar-refractivity contribution >= 4 is 11.7 Å². The Labute approximate surface area is 147 Å². The van der Waals surface area contributed by atoms with Gasteiger partial charge in [-0.15, -0.1) is 0 Å². The number of aromatic amines is 1. The lowest BCUT2D eigenvalue weighted by Crippen LogP contribution is -2.23. The number of allylic oxidation sites excluding steroid dienone is 1. The molecule has 2 heterocycles. The maximum atomic E-state index is 12.0. The molecule has 1 unspecified atom stereocenters. The smallest absolute Gasteiger partial charge is 0.226 e. The highest BCUT2D eigenvalue weighted by Crippen LogP contribution is 2.40. The first-order chi connectivity index (χ1) is 12.0. The molecular formula is C19H23N3O3. The SMILES string of the molecule is COc1cc(C2CC(=O)Nc3n[nH]c(C)c32)ccc1OCC=C(C)C. The Balaban J connectivity index is 1.92. The van der Waals surface area contributed by atoms with Gasteiger partial charge in [-0.1, -0.05) is 11.6 Å². The molecule has 0 saturated heterocycles. The molecule has 1 atom stereocenters. The summed E-state index contributed by atoms with van der Waals surface area (Å²) in [6.07, 6.45) is 2.40. The fourth-order valence-electron chi connectivity index (χ4n) is 3.03. The molecule has 6 heteroatoms. The zero-order chi connectivity index (χ0) is 18.0. The Bertz CT molecular complexity index is 819. The van der Waals surface area contributed by atoms with Crippen molar-refractivity contribution in [2.24, 2.45) is 0 Å². The van der Waals surface area contributed by atoms with Crippen LogP contribution in [0.15, 0.2) is 29.8 Å². The largest absolute Gasteiger partial charge is 0.493 e. The van der Waals surface area contributed by atoms with Gasteiger partial charge in [-0.2, -0.15) is 5.10 Å². The number of aromatic nitrogens is 2. The number of aryl methyl sites for hydroxylation is 1. The zero-order valence-corrected chi connectivity index (χ0v) is 15.0. The maximum absolute atomic E-state index is 12.0. The number of methoxy groups -OCH3 is 1. The normalized spacial score (nSPS) is 16.0. The van der Waals surface area contributed by atoms with Gasteiger partial charge < -0.3 is 14.8 Å². The minimum atomic E-state index is -0.0526. The van der Waals surface area contributed by atoms with Gasteiger partial charge in [0.1, 0.15) is 6.61 Å². The molecule has 1 aromatic heterocycles. The molecule has 0 aliphatic carbocycles. The number of anilines is 1. The third-order valence-corrected chi connectivity index (χ3v) is 4.31. The van der Waals surface area contributed by atoms with E-state index in [9.17, 15) is 4.79 Å². The number of hydrogen-bond donors (Lipinski definition) is 2. The summed E-state index contributed by atoms with van der Waals surface area (Å²) in [7, 11) is 1.62. The van der Waals surface area contributed by atoms with Gasteiger partial charge in [0, 0.05) is 23.6 Å². The summed E-state index contributed by atoms with van der Waals surface area (Å²) in [4.78, 5) is 12.0. The van der Waals surface area contributed by atoms with Crippen LogP contribution in [0.3, 0.4) is 0 Å². The lowest BCUT2D eigenvalue weighted by molar-refractivity contribution is -0.116. The van der Waals surface area contributed by atoms with Crippen LogP contribution in [0.1, 0.15) is 43.0 Å². The monoisotopic (exact) mass is 341 g/mol. The average molecular weight is 341 g/mol. The van der Waals surface area contributed by atoms with Gasteiger partial charge in [0.25, 0.3) is 0 Å². The van der Waals surface area contributed by atoms with E-state index < -0.39 is 0 Å². The van der Waals surface area contributed by atoms with E-state index >= 15 is 0 Å². The summed E-state index contributed by atoms with van der Waals surface area (Å²) in [5, 5.41) is 9.95. The zero-order valence-electron chi connectivity index (χ0n) is 15.0. The molecule has 132 valence electrons. The predicted molar refractivity (Wildman–Crippen MR) is 96.3 cm³/mol. The molecule has 1 aliphatic heterocycles. The van der Waals surface area contributed by atoms with Crippen LogP contribution in [0.5, 0.6) is 11.5 Å². The number of nitrogens with one attached hydrogen (secondary N) is 2. The molecule has 6 nitrogen and oxygen atoms in total. The number of nitrogens with zero attached hydrogens (tertiary/aromatic N) is 1. The van der Waals surface area contributed by atoms with Crippen LogP contribution in [0.25, 0.3) is 0 Å². The highest BCUT2D eigenvalue weighted by Gasteiger charge is 2.30. The van der Waals surface area contributed by atoms with Crippen molar-refractivity contribution in [3.05, 3.63) is 46.7 Å². The number of carbonyl (C=O) groups excluding carboxylic acids is 1. The van der Waals surface area contributed by atoms with Crippen LogP contribution < -0.4 is 14.8 Å². The van der Waals surface area contributed by atoms with Gasteiger partial charge in [-0.05, 0) is 44.5 Å². The lowest BCUT2D eigenvalue weighted by atomic mass is 9.85. The van der Waals surface area contributed by atoms with Gasteiger partial charge in [0.15, 0.2) is 17.3 Å². The van der Waals surface area contributed by atoms with E-state index in [1.165, 1.54) is 5.57 Å². The molecular weight excluding hydrogens is 318 g/mol. The molecule has 25 heavy (non-hydrogen) atoms. The maximum Gasteiger partial charge on any atom is 0.226 e. The number of rotatable bonds is 5. The first-order valence-corrected chi connectivity index (χ1v) is 8.28. The number of hydrogen-bond acceptors (Lipinski definition) is 4. The molecule has 1 aromatic carbocycles. The highest BCUT2D eigenvalue weighted by atomic mass is 16.5. The summed E-state index contributed by atoms with van der Waals surface area (Å²) in [6, 6.07) is 5.83. The molecule has 0 radical (unpaired) electrons.